The minimum atomic E-state index is -0.299. The summed E-state index contributed by atoms with van der Waals surface area (Å²) < 4.78 is 19.6. The molecule has 154 valence electrons. The van der Waals surface area contributed by atoms with Gasteiger partial charge < -0.3 is 15.0 Å². The molecule has 0 spiro atoms. The average molecular weight is 529 g/mol. The molecule has 2 saturated heterocycles. The standard InChI is InChI=1S/C19H22FIN6OS/c20-15-11-13(21)1-2-16(15)23-17-12-22-4-3-14(17)18-24-25-19(29)27(18)6-5-26-7-9-28-10-8-26/h1-4,11-12,18,23-24H,5-10H2,(H,25,29)/p+1. The molecule has 29 heavy (non-hydrogen) atoms. The molecule has 7 nitrogen and oxygen atoms in total. The van der Waals surface area contributed by atoms with Gasteiger partial charge in [0.25, 0.3) is 0 Å². The van der Waals surface area contributed by atoms with Gasteiger partial charge in [-0.15, -0.1) is 0 Å². The Hall–Kier alpha value is -1.60. The van der Waals surface area contributed by atoms with Crippen LogP contribution < -0.4 is 16.2 Å². The molecule has 0 bridgehead atoms. The van der Waals surface area contributed by atoms with E-state index in [1.165, 1.54) is 6.07 Å². The summed E-state index contributed by atoms with van der Waals surface area (Å²) in [5.41, 5.74) is 8.40. The predicted molar refractivity (Wildman–Crippen MR) is 123 cm³/mol. The SMILES string of the molecule is Fc1cc(I)ccc1Nc1cnccc1C1NNC(=S)N1CCN1CC[OH+]CC1. The highest BCUT2D eigenvalue weighted by Gasteiger charge is 2.31. The van der Waals surface area contributed by atoms with Crippen LogP contribution in [0.25, 0.3) is 0 Å². The first-order chi connectivity index (χ1) is 14.1. The lowest BCUT2D eigenvalue weighted by Crippen LogP contribution is -2.43. The van der Waals surface area contributed by atoms with Crippen molar-refractivity contribution in [3.05, 3.63) is 51.6 Å². The Morgan fingerprint density at radius 3 is 2.86 bits per heavy atom. The Bertz CT molecular complexity index is 882. The van der Waals surface area contributed by atoms with Gasteiger partial charge in [0.15, 0.2) is 18.3 Å². The number of halogens is 2. The second-order valence-corrected chi connectivity index (χ2v) is 8.53. The summed E-state index contributed by atoms with van der Waals surface area (Å²) in [6, 6.07) is 7.02. The van der Waals surface area contributed by atoms with E-state index < -0.39 is 0 Å². The second kappa shape index (κ2) is 9.47. The number of thiocarbonyl (C=S) groups is 1. The fourth-order valence-corrected chi connectivity index (χ4v) is 4.19. The van der Waals surface area contributed by atoms with Crippen LogP contribution in [0.5, 0.6) is 0 Å². The molecular weight excluding hydrogens is 506 g/mol. The van der Waals surface area contributed by atoms with Gasteiger partial charge in [0, 0.05) is 28.4 Å². The zero-order chi connectivity index (χ0) is 20.2. The fourth-order valence-electron chi connectivity index (χ4n) is 3.48. The largest absolute Gasteiger partial charge is 0.432 e. The van der Waals surface area contributed by atoms with Crippen molar-refractivity contribution in [2.45, 2.75) is 6.17 Å². The van der Waals surface area contributed by atoms with Gasteiger partial charge in [0.1, 0.15) is 12.0 Å². The lowest BCUT2D eigenvalue weighted by Gasteiger charge is -2.30. The summed E-state index contributed by atoms with van der Waals surface area (Å²) in [5, 5.41) is 3.84. The normalized spacial score (nSPS) is 20.0. The van der Waals surface area contributed by atoms with Crippen molar-refractivity contribution in [2.24, 2.45) is 0 Å². The van der Waals surface area contributed by atoms with E-state index in [1.807, 2.05) is 12.1 Å². The lowest BCUT2D eigenvalue weighted by atomic mass is 10.1. The number of rotatable bonds is 6. The van der Waals surface area contributed by atoms with Crippen molar-refractivity contribution in [3.8, 4) is 0 Å². The maximum atomic E-state index is 14.4. The van der Waals surface area contributed by atoms with Gasteiger partial charge in [0.05, 0.1) is 30.7 Å². The van der Waals surface area contributed by atoms with Gasteiger partial charge in [-0.05, 0) is 59.1 Å². The number of morpholine rings is 1. The zero-order valence-electron chi connectivity index (χ0n) is 15.7. The topological polar surface area (TPSA) is 68.3 Å². The summed E-state index contributed by atoms with van der Waals surface area (Å²) in [6.07, 6.45) is 3.27. The smallest absolute Gasteiger partial charge is 0.185 e. The quantitative estimate of drug-likeness (QED) is 0.301. The van der Waals surface area contributed by atoms with Crippen LogP contribution in [0.2, 0.25) is 0 Å². The van der Waals surface area contributed by atoms with E-state index in [-0.39, 0.29) is 12.0 Å². The van der Waals surface area contributed by atoms with Gasteiger partial charge >= 0.3 is 0 Å². The first-order valence-electron chi connectivity index (χ1n) is 9.45. The molecule has 2 aliphatic rings. The molecule has 1 aromatic carbocycles. The van der Waals surface area contributed by atoms with Gasteiger partial charge in [-0.2, -0.15) is 0 Å². The first kappa shape index (κ1) is 20.7. The maximum absolute atomic E-state index is 14.4. The first-order valence-corrected chi connectivity index (χ1v) is 10.9. The van der Waals surface area contributed by atoms with Crippen molar-refractivity contribution in [1.29, 1.82) is 0 Å². The molecule has 0 aliphatic carbocycles. The monoisotopic (exact) mass is 529 g/mol. The Kier molecular flexibility index (Phi) is 6.75. The minimum Gasteiger partial charge on any atom is -0.432 e. The number of hydrazine groups is 1. The van der Waals surface area contributed by atoms with Crippen molar-refractivity contribution >= 4 is 51.3 Å². The van der Waals surface area contributed by atoms with Gasteiger partial charge in [0.2, 0.25) is 0 Å². The Labute approximate surface area is 188 Å². The van der Waals surface area contributed by atoms with Crippen molar-refractivity contribution in [2.75, 3.05) is 44.7 Å². The fraction of sp³-hybridized carbons (Fsp3) is 0.368. The zero-order valence-corrected chi connectivity index (χ0v) is 18.7. The number of aromatic nitrogens is 1. The molecule has 0 saturated carbocycles. The number of nitrogens with one attached hydrogen (secondary N) is 3. The number of hydrogen-bond acceptors (Lipinski definition) is 5. The highest BCUT2D eigenvalue weighted by atomic mass is 127. The Morgan fingerprint density at radius 1 is 1.24 bits per heavy atom. The maximum Gasteiger partial charge on any atom is 0.185 e. The molecule has 2 fully saturated rings. The van der Waals surface area contributed by atoms with E-state index in [9.17, 15) is 4.39 Å². The lowest BCUT2D eigenvalue weighted by molar-refractivity contribution is -0.0908. The van der Waals surface area contributed by atoms with Gasteiger partial charge in [-0.25, -0.2) is 9.82 Å². The summed E-state index contributed by atoms with van der Waals surface area (Å²) in [7, 11) is 0. The van der Waals surface area contributed by atoms with Crippen LogP contribution in [0.15, 0.2) is 36.7 Å². The van der Waals surface area contributed by atoms with Crippen molar-refractivity contribution < 1.29 is 9.13 Å². The number of anilines is 2. The van der Waals surface area contributed by atoms with Crippen LogP contribution in [0, 0.1) is 9.39 Å². The van der Waals surface area contributed by atoms with Crippen molar-refractivity contribution in [3.63, 3.8) is 0 Å². The van der Waals surface area contributed by atoms with E-state index in [0.29, 0.717) is 10.8 Å². The number of hydrogen-bond donors (Lipinski definition) is 3. The summed E-state index contributed by atoms with van der Waals surface area (Å²) in [6.45, 7) is 5.45. The highest BCUT2D eigenvalue weighted by Crippen LogP contribution is 2.30. The highest BCUT2D eigenvalue weighted by molar-refractivity contribution is 14.1. The molecule has 1 aromatic heterocycles. The molecule has 1 atom stereocenters. The molecule has 3 heterocycles. The van der Waals surface area contributed by atoms with Crippen LogP contribution in [0.3, 0.4) is 0 Å². The molecule has 4 rings (SSSR count). The van der Waals surface area contributed by atoms with E-state index in [0.717, 1.165) is 54.2 Å². The summed E-state index contributed by atoms with van der Waals surface area (Å²) >= 11 is 7.60. The summed E-state index contributed by atoms with van der Waals surface area (Å²) in [5.74, 6) is -0.299. The number of ether oxygens (including phenoxy) is 1. The third-order valence-electron chi connectivity index (χ3n) is 5.04. The van der Waals surface area contributed by atoms with Crippen LogP contribution in [-0.2, 0) is 0 Å². The average Bonchev–Trinajstić information content (AvgIpc) is 3.10. The van der Waals surface area contributed by atoms with Crippen molar-refractivity contribution in [1.82, 2.24) is 25.6 Å². The number of pyridine rings is 1. The van der Waals surface area contributed by atoms with E-state index in [4.69, 9.17) is 12.2 Å². The Balaban J connectivity index is 1.52. The van der Waals surface area contributed by atoms with E-state index >= 15 is 0 Å². The molecule has 2 aliphatic heterocycles. The minimum absolute atomic E-state index is 0.172. The van der Waals surface area contributed by atoms with Crippen LogP contribution in [-0.4, -0.2) is 64.0 Å². The van der Waals surface area contributed by atoms with Gasteiger partial charge in [-0.3, -0.25) is 15.3 Å². The molecule has 0 radical (unpaired) electrons. The number of benzene rings is 1. The third kappa shape index (κ3) is 4.94. The molecule has 0 amide bonds. The molecule has 2 aromatic rings. The number of nitrogens with zero attached hydrogens (tertiary/aromatic N) is 3. The predicted octanol–water partition coefficient (Wildman–Crippen LogP) is 2.11. The van der Waals surface area contributed by atoms with Crippen LogP contribution in [0.1, 0.15) is 11.7 Å². The molecular formula is C19H23FIN6OS+. The van der Waals surface area contributed by atoms with E-state index in [2.05, 4.69) is 58.3 Å². The number of aliphatic hydroxyl groups is 2. The van der Waals surface area contributed by atoms with Crippen LogP contribution in [0.4, 0.5) is 15.8 Å². The third-order valence-corrected chi connectivity index (χ3v) is 6.05. The summed E-state index contributed by atoms with van der Waals surface area (Å²) in [4.78, 5) is 8.74. The second-order valence-electron chi connectivity index (χ2n) is 6.89. The molecule has 4 N–H and O–H groups in total. The Morgan fingerprint density at radius 2 is 2.07 bits per heavy atom. The molecule has 1 unspecified atom stereocenters. The van der Waals surface area contributed by atoms with E-state index in [1.54, 1.807) is 18.5 Å². The van der Waals surface area contributed by atoms with Crippen LogP contribution >= 0.6 is 34.8 Å². The molecule has 10 heteroatoms. The van der Waals surface area contributed by atoms with Gasteiger partial charge in [-0.1, -0.05) is 0 Å².